The van der Waals surface area contributed by atoms with E-state index in [0.29, 0.717) is 10.4 Å². The predicted molar refractivity (Wildman–Crippen MR) is 100 cm³/mol. The lowest BCUT2D eigenvalue weighted by atomic mass is 10.2. The molecule has 0 saturated heterocycles. The summed E-state index contributed by atoms with van der Waals surface area (Å²) in [5, 5.41) is 7.93. The van der Waals surface area contributed by atoms with E-state index in [1.54, 1.807) is 42.5 Å². The van der Waals surface area contributed by atoms with Crippen LogP contribution in [0, 0.1) is 0 Å². The summed E-state index contributed by atoms with van der Waals surface area (Å²) in [4.78, 5) is 27.1. The van der Waals surface area contributed by atoms with Gasteiger partial charge in [-0.15, -0.1) is 4.68 Å². The van der Waals surface area contributed by atoms with Crippen LogP contribution in [0.5, 0.6) is 0 Å². The quantitative estimate of drug-likeness (QED) is 0.639. The molecule has 0 radical (unpaired) electrons. The Morgan fingerprint density at radius 1 is 1.00 bits per heavy atom. The van der Waals surface area contributed by atoms with Crippen molar-refractivity contribution in [3.8, 4) is 5.69 Å². The van der Waals surface area contributed by atoms with E-state index in [1.807, 2.05) is 19.9 Å². The summed E-state index contributed by atoms with van der Waals surface area (Å²) in [5.74, 6) is 0. The van der Waals surface area contributed by atoms with Gasteiger partial charge < -0.3 is 0 Å². The Kier molecular flexibility index (Phi) is 5.11. The van der Waals surface area contributed by atoms with Gasteiger partial charge in [0.2, 0.25) is 0 Å². The molecule has 2 aromatic carbocycles. The van der Waals surface area contributed by atoms with E-state index in [0.717, 1.165) is 4.68 Å². The number of benzene rings is 2. The Hall–Kier alpha value is -2.64. The van der Waals surface area contributed by atoms with Crippen molar-refractivity contribution in [3.05, 3.63) is 69.1 Å². The minimum absolute atomic E-state index is 0.177. The first-order chi connectivity index (χ1) is 12.4. The molecule has 1 amide bonds. The molecule has 0 unspecified atom stereocenters. The largest absolute Gasteiger partial charge is 0.377 e. The van der Waals surface area contributed by atoms with Crippen LogP contribution in [0.1, 0.15) is 13.8 Å². The van der Waals surface area contributed by atoms with Crippen LogP contribution in [0.25, 0.3) is 5.69 Å². The number of para-hydroxylation sites is 2. The smallest absolute Gasteiger partial charge is 0.290 e. The van der Waals surface area contributed by atoms with Crippen LogP contribution in [0.3, 0.4) is 0 Å². The number of halogens is 2. The molecular weight excluding hydrogens is 377 g/mol. The predicted octanol–water partition coefficient (Wildman–Crippen LogP) is 3.62. The molecule has 9 heteroatoms. The van der Waals surface area contributed by atoms with E-state index in [2.05, 4.69) is 10.4 Å². The van der Waals surface area contributed by atoms with Gasteiger partial charge in [-0.1, -0.05) is 47.5 Å². The molecule has 1 aromatic heterocycles. The van der Waals surface area contributed by atoms with Gasteiger partial charge in [0.05, 0.1) is 10.0 Å². The molecule has 0 atom stereocenters. The first-order valence-electron chi connectivity index (χ1n) is 7.80. The van der Waals surface area contributed by atoms with Crippen molar-refractivity contribution in [1.82, 2.24) is 19.8 Å². The van der Waals surface area contributed by atoms with E-state index < -0.39 is 11.7 Å². The molecule has 3 rings (SSSR count). The van der Waals surface area contributed by atoms with E-state index in [-0.39, 0.29) is 21.8 Å². The number of hydrogen-bond donors (Lipinski definition) is 0. The van der Waals surface area contributed by atoms with Crippen molar-refractivity contribution in [2.24, 2.45) is 0 Å². The normalized spacial score (nSPS) is 11.0. The second-order valence-electron chi connectivity index (χ2n) is 5.74. The highest BCUT2D eigenvalue weighted by atomic mass is 35.5. The Morgan fingerprint density at radius 3 is 2.19 bits per heavy atom. The zero-order valence-electron chi connectivity index (χ0n) is 14.0. The van der Waals surface area contributed by atoms with Gasteiger partial charge in [-0.2, -0.15) is 4.68 Å². The second-order valence-corrected chi connectivity index (χ2v) is 6.55. The number of nitrogens with zero attached hydrogens (tertiary/aromatic N) is 5. The molecule has 0 fully saturated rings. The van der Waals surface area contributed by atoms with Crippen LogP contribution >= 0.6 is 23.2 Å². The van der Waals surface area contributed by atoms with Gasteiger partial charge in [-0.05, 0) is 48.5 Å². The molecule has 0 spiro atoms. The first kappa shape index (κ1) is 18.2. The van der Waals surface area contributed by atoms with E-state index in [1.165, 1.54) is 4.90 Å². The Labute approximate surface area is 159 Å². The third-order valence-corrected chi connectivity index (χ3v) is 4.28. The van der Waals surface area contributed by atoms with Crippen LogP contribution in [-0.4, -0.2) is 31.9 Å². The molecule has 1 heterocycles. The fourth-order valence-electron chi connectivity index (χ4n) is 2.52. The molecular formula is C17H15Cl2N5O2. The lowest BCUT2D eigenvalue weighted by Gasteiger charge is -2.25. The molecule has 0 aliphatic rings. The van der Waals surface area contributed by atoms with Gasteiger partial charge in [0, 0.05) is 11.7 Å². The summed E-state index contributed by atoms with van der Waals surface area (Å²) < 4.78 is 1.60. The number of carbonyl (C=O) groups is 1. The minimum atomic E-state index is -0.758. The van der Waals surface area contributed by atoms with Gasteiger partial charge in [-0.3, -0.25) is 4.90 Å². The lowest BCUT2D eigenvalue weighted by molar-refractivity contribution is 0.242. The van der Waals surface area contributed by atoms with E-state index >= 15 is 0 Å². The maximum atomic E-state index is 12.9. The number of aromatic nitrogens is 4. The third-order valence-electron chi connectivity index (χ3n) is 3.67. The summed E-state index contributed by atoms with van der Waals surface area (Å²) in [6, 6.07) is 13.0. The Bertz CT molecular complexity index is 978. The van der Waals surface area contributed by atoms with Crippen LogP contribution < -0.4 is 10.6 Å². The second kappa shape index (κ2) is 7.31. The van der Waals surface area contributed by atoms with Gasteiger partial charge in [0.15, 0.2) is 0 Å². The molecule has 134 valence electrons. The Morgan fingerprint density at radius 2 is 1.62 bits per heavy atom. The number of tetrazole rings is 1. The van der Waals surface area contributed by atoms with Crippen LogP contribution in [0.2, 0.25) is 10.0 Å². The summed E-state index contributed by atoms with van der Waals surface area (Å²) in [5.41, 5.74) is 0.0620. The SMILES string of the molecule is CC(C)N(C(=O)n1nnn(-c2c(Cl)cccc2Cl)c1=O)c1ccccc1. The topological polar surface area (TPSA) is 73.0 Å². The minimum Gasteiger partial charge on any atom is -0.290 e. The van der Waals surface area contributed by atoms with Crippen LogP contribution in [0.4, 0.5) is 10.5 Å². The zero-order chi connectivity index (χ0) is 18.8. The fraction of sp³-hybridized carbons (Fsp3) is 0.176. The number of carbonyl (C=O) groups excluding carboxylic acids is 1. The molecule has 0 N–H and O–H groups in total. The molecule has 0 saturated carbocycles. The van der Waals surface area contributed by atoms with Gasteiger partial charge in [-0.25, -0.2) is 9.59 Å². The fourth-order valence-corrected chi connectivity index (χ4v) is 3.08. The molecule has 0 aliphatic carbocycles. The molecule has 3 aromatic rings. The van der Waals surface area contributed by atoms with Crippen molar-refractivity contribution in [2.45, 2.75) is 19.9 Å². The molecule has 0 bridgehead atoms. The van der Waals surface area contributed by atoms with Gasteiger partial charge in [0.1, 0.15) is 5.69 Å². The van der Waals surface area contributed by atoms with Crippen molar-refractivity contribution >= 4 is 34.9 Å². The van der Waals surface area contributed by atoms with Crippen molar-refractivity contribution in [2.75, 3.05) is 4.90 Å². The summed E-state index contributed by atoms with van der Waals surface area (Å²) >= 11 is 12.2. The highest BCUT2D eigenvalue weighted by Crippen LogP contribution is 2.26. The van der Waals surface area contributed by atoms with Gasteiger partial charge >= 0.3 is 11.7 Å². The average molecular weight is 392 g/mol. The van der Waals surface area contributed by atoms with Crippen molar-refractivity contribution < 1.29 is 4.79 Å². The van der Waals surface area contributed by atoms with Crippen LogP contribution in [0.15, 0.2) is 53.3 Å². The summed E-state index contributed by atoms with van der Waals surface area (Å²) in [7, 11) is 0. The number of rotatable bonds is 3. The Balaban J connectivity index is 2.07. The maximum Gasteiger partial charge on any atom is 0.377 e. The van der Waals surface area contributed by atoms with E-state index in [9.17, 15) is 9.59 Å². The highest BCUT2D eigenvalue weighted by Gasteiger charge is 2.26. The standard InChI is InChI=1S/C17H15Cl2N5O2/c1-11(2)22(12-7-4-3-5-8-12)16(25)24-17(26)23(20-21-24)15-13(18)9-6-10-14(15)19/h3-11H,1-2H3. The van der Waals surface area contributed by atoms with Crippen LogP contribution in [-0.2, 0) is 0 Å². The maximum absolute atomic E-state index is 12.9. The average Bonchev–Trinajstić information content (AvgIpc) is 2.97. The van der Waals surface area contributed by atoms with Crippen molar-refractivity contribution in [1.29, 1.82) is 0 Å². The molecule has 26 heavy (non-hydrogen) atoms. The summed E-state index contributed by atoms with van der Waals surface area (Å²) in [6.45, 7) is 3.68. The number of hydrogen-bond acceptors (Lipinski definition) is 4. The summed E-state index contributed by atoms with van der Waals surface area (Å²) in [6.07, 6.45) is 0. The number of amides is 1. The molecule has 7 nitrogen and oxygen atoms in total. The number of anilines is 1. The first-order valence-corrected chi connectivity index (χ1v) is 8.55. The third kappa shape index (κ3) is 3.23. The molecule has 0 aliphatic heterocycles. The highest BCUT2D eigenvalue weighted by molar-refractivity contribution is 6.37. The zero-order valence-corrected chi connectivity index (χ0v) is 15.5. The van der Waals surface area contributed by atoms with E-state index in [4.69, 9.17) is 23.2 Å². The lowest BCUT2D eigenvalue weighted by Crippen LogP contribution is -2.44. The van der Waals surface area contributed by atoms with Crippen molar-refractivity contribution in [3.63, 3.8) is 0 Å². The van der Waals surface area contributed by atoms with Gasteiger partial charge in [0.25, 0.3) is 0 Å². The monoisotopic (exact) mass is 391 g/mol.